The molecule has 1 aromatic rings. The van der Waals surface area contributed by atoms with Gasteiger partial charge in [-0.1, -0.05) is 26.7 Å². The van der Waals surface area contributed by atoms with Gasteiger partial charge in [0.1, 0.15) is 12.4 Å². The van der Waals surface area contributed by atoms with Crippen LogP contribution in [0.2, 0.25) is 0 Å². The maximum absolute atomic E-state index is 4.71. The topological polar surface area (TPSA) is 70.4 Å². The molecule has 2 rings (SSSR count). The van der Waals surface area contributed by atoms with Gasteiger partial charge in [-0.2, -0.15) is 0 Å². The van der Waals surface area contributed by atoms with Crippen LogP contribution in [0.5, 0.6) is 0 Å². The lowest BCUT2D eigenvalue weighted by Crippen LogP contribution is -2.49. The lowest BCUT2D eigenvalue weighted by Gasteiger charge is -2.34. The molecule has 0 aromatic carbocycles. The van der Waals surface area contributed by atoms with Crippen molar-refractivity contribution in [2.45, 2.75) is 66.0 Å². The molecule has 0 amide bonds. The molecule has 7 nitrogen and oxygen atoms in total. The Morgan fingerprint density at radius 2 is 1.78 bits per heavy atom. The zero-order chi connectivity index (χ0) is 18.9. The fourth-order valence-corrected chi connectivity index (χ4v) is 3.49. The fraction of sp³-hybridized carbons (Fsp3) is 0.842. The number of hydrogen-bond acceptors (Lipinski definition) is 4. The van der Waals surface area contributed by atoms with E-state index in [0.29, 0.717) is 18.5 Å². The van der Waals surface area contributed by atoms with Gasteiger partial charge in [0, 0.05) is 26.2 Å². The summed E-state index contributed by atoms with van der Waals surface area (Å²) >= 11 is 0. The highest BCUT2D eigenvalue weighted by atomic mass is 127. The second kappa shape index (κ2) is 12.5. The van der Waals surface area contributed by atoms with Crippen molar-refractivity contribution in [1.82, 2.24) is 30.3 Å². The average molecular weight is 491 g/mol. The van der Waals surface area contributed by atoms with E-state index in [1.54, 1.807) is 0 Å². The van der Waals surface area contributed by atoms with Crippen LogP contribution in [-0.2, 0) is 13.6 Å². The first kappa shape index (κ1) is 24.1. The molecular formula is C19H38IN7. The van der Waals surface area contributed by atoms with Gasteiger partial charge >= 0.3 is 0 Å². The molecule has 0 bridgehead atoms. The van der Waals surface area contributed by atoms with Crippen LogP contribution in [0.3, 0.4) is 0 Å². The summed E-state index contributed by atoms with van der Waals surface area (Å²) in [5.41, 5.74) is 0. The second-order valence-corrected chi connectivity index (χ2v) is 7.56. The van der Waals surface area contributed by atoms with Gasteiger partial charge in [0.2, 0.25) is 0 Å². The molecule has 2 heterocycles. The van der Waals surface area contributed by atoms with Crippen LogP contribution >= 0.6 is 24.0 Å². The van der Waals surface area contributed by atoms with Crippen molar-refractivity contribution >= 4 is 29.9 Å². The van der Waals surface area contributed by atoms with Gasteiger partial charge in [-0.25, -0.2) is 4.99 Å². The summed E-state index contributed by atoms with van der Waals surface area (Å²) in [5, 5.41) is 15.2. The Morgan fingerprint density at radius 1 is 1.11 bits per heavy atom. The van der Waals surface area contributed by atoms with E-state index >= 15 is 0 Å². The molecule has 0 spiro atoms. The monoisotopic (exact) mass is 491 g/mol. The van der Waals surface area contributed by atoms with Crippen molar-refractivity contribution in [3.05, 3.63) is 11.6 Å². The number of aromatic nitrogens is 3. The lowest BCUT2D eigenvalue weighted by molar-refractivity contribution is 0.161. The number of guanidine groups is 1. The number of aryl methyl sites for hydroxylation is 1. The van der Waals surface area contributed by atoms with Crippen LogP contribution < -0.4 is 10.6 Å². The van der Waals surface area contributed by atoms with Crippen LogP contribution in [0, 0.1) is 12.8 Å². The summed E-state index contributed by atoms with van der Waals surface area (Å²) in [5.74, 6) is 3.26. The number of aliphatic imine (C=N–C) groups is 1. The molecular weight excluding hydrogens is 453 g/mol. The predicted molar refractivity (Wildman–Crippen MR) is 123 cm³/mol. The SMILES string of the molecule is CCNC(=NCc1nnc(C)n1C)NCC(C(C)C)N1CCCCCC1.I. The lowest BCUT2D eigenvalue weighted by atomic mass is 10.0. The molecule has 1 saturated heterocycles. The molecule has 8 heteroatoms. The van der Waals surface area contributed by atoms with Gasteiger partial charge < -0.3 is 15.2 Å². The minimum Gasteiger partial charge on any atom is -0.357 e. The molecule has 0 radical (unpaired) electrons. The van der Waals surface area contributed by atoms with Gasteiger partial charge in [0.15, 0.2) is 11.8 Å². The van der Waals surface area contributed by atoms with Gasteiger partial charge in [0.25, 0.3) is 0 Å². The van der Waals surface area contributed by atoms with Crippen molar-refractivity contribution in [1.29, 1.82) is 0 Å². The van der Waals surface area contributed by atoms with Crippen molar-refractivity contribution < 1.29 is 0 Å². The first-order chi connectivity index (χ1) is 12.5. The zero-order valence-corrected chi connectivity index (χ0v) is 20.0. The molecule has 0 aliphatic carbocycles. The quantitative estimate of drug-likeness (QED) is 0.349. The normalized spacial score (nSPS) is 17.3. The predicted octanol–water partition coefficient (Wildman–Crippen LogP) is 2.70. The summed E-state index contributed by atoms with van der Waals surface area (Å²) in [6, 6.07) is 0.536. The minimum atomic E-state index is 0. The minimum absolute atomic E-state index is 0. The molecule has 1 atom stereocenters. The number of hydrogen-bond donors (Lipinski definition) is 2. The van der Waals surface area contributed by atoms with Crippen molar-refractivity contribution in [2.24, 2.45) is 18.0 Å². The van der Waals surface area contributed by atoms with Crippen LogP contribution in [-0.4, -0.2) is 57.8 Å². The van der Waals surface area contributed by atoms with E-state index in [4.69, 9.17) is 4.99 Å². The number of rotatable bonds is 7. The summed E-state index contributed by atoms with van der Waals surface area (Å²) in [6.45, 7) is 13.4. The Kier molecular flexibility index (Phi) is 11.2. The number of likely N-dealkylation sites (tertiary alicyclic amines) is 1. The Bertz CT molecular complexity index is 562. The molecule has 1 aliphatic rings. The van der Waals surface area contributed by atoms with E-state index in [-0.39, 0.29) is 24.0 Å². The highest BCUT2D eigenvalue weighted by molar-refractivity contribution is 14.0. The van der Waals surface area contributed by atoms with Crippen LogP contribution in [0.25, 0.3) is 0 Å². The van der Waals surface area contributed by atoms with Crippen molar-refractivity contribution in [2.75, 3.05) is 26.2 Å². The third kappa shape index (κ3) is 7.56. The number of nitrogens with one attached hydrogen (secondary N) is 2. The molecule has 1 aliphatic heterocycles. The van der Waals surface area contributed by atoms with Crippen LogP contribution in [0.1, 0.15) is 58.1 Å². The Labute approximate surface area is 181 Å². The van der Waals surface area contributed by atoms with Crippen LogP contribution in [0.15, 0.2) is 4.99 Å². The fourth-order valence-electron chi connectivity index (χ4n) is 3.49. The van der Waals surface area contributed by atoms with Crippen molar-refractivity contribution in [3.8, 4) is 0 Å². The summed E-state index contributed by atoms with van der Waals surface area (Å²) in [4.78, 5) is 7.37. The van der Waals surface area contributed by atoms with E-state index in [1.807, 2.05) is 18.5 Å². The number of halogens is 1. The maximum Gasteiger partial charge on any atom is 0.191 e. The van der Waals surface area contributed by atoms with Gasteiger partial charge in [-0.05, 0) is 45.7 Å². The molecule has 1 fully saturated rings. The largest absolute Gasteiger partial charge is 0.357 e. The Morgan fingerprint density at radius 3 is 2.30 bits per heavy atom. The van der Waals surface area contributed by atoms with E-state index in [1.165, 1.54) is 38.8 Å². The van der Waals surface area contributed by atoms with Gasteiger partial charge in [-0.3, -0.25) is 4.90 Å². The first-order valence-electron chi connectivity index (χ1n) is 10.1. The molecule has 1 unspecified atom stereocenters. The number of nitrogens with zero attached hydrogens (tertiary/aromatic N) is 5. The summed E-state index contributed by atoms with van der Waals surface area (Å²) < 4.78 is 1.99. The highest BCUT2D eigenvalue weighted by Crippen LogP contribution is 2.17. The average Bonchev–Trinajstić information content (AvgIpc) is 2.82. The summed E-state index contributed by atoms with van der Waals surface area (Å²) in [6.07, 6.45) is 5.39. The molecule has 2 N–H and O–H groups in total. The van der Waals surface area contributed by atoms with Gasteiger partial charge in [-0.15, -0.1) is 34.2 Å². The molecule has 27 heavy (non-hydrogen) atoms. The van der Waals surface area contributed by atoms with E-state index < -0.39 is 0 Å². The highest BCUT2D eigenvalue weighted by Gasteiger charge is 2.22. The Balaban J connectivity index is 0.00000364. The van der Waals surface area contributed by atoms with Crippen molar-refractivity contribution in [3.63, 3.8) is 0 Å². The van der Waals surface area contributed by atoms with Crippen LogP contribution in [0.4, 0.5) is 0 Å². The maximum atomic E-state index is 4.71. The molecule has 156 valence electrons. The Hall–Kier alpha value is -0.900. The second-order valence-electron chi connectivity index (χ2n) is 7.56. The smallest absolute Gasteiger partial charge is 0.191 e. The standard InChI is InChI=1S/C19H37N7.HI/c1-6-20-19(22-14-18-24-23-16(4)25(18)5)21-13-17(15(2)3)26-11-9-7-8-10-12-26;/h15,17H,6-14H2,1-5H3,(H2,20,21,22);1H. The summed E-state index contributed by atoms with van der Waals surface area (Å²) in [7, 11) is 1.98. The van der Waals surface area contributed by atoms with Gasteiger partial charge in [0.05, 0.1) is 0 Å². The zero-order valence-electron chi connectivity index (χ0n) is 17.7. The molecule has 1 aromatic heterocycles. The third-order valence-corrected chi connectivity index (χ3v) is 5.26. The third-order valence-electron chi connectivity index (χ3n) is 5.26. The van der Waals surface area contributed by atoms with E-state index in [9.17, 15) is 0 Å². The first-order valence-corrected chi connectivity index (χ1v) is 10.1. The van der Waals surface area contributed by atoms with E-state index in [2.05, 4.69) is 46.5 Å². The molecule has 0 saturated carbocycles. The van der Waals surface area contributed by atoms with E-state index in [0.717, 1.165) is 30.7 Å².